The molecule has 1 aliphatic rings. The van der Waals surface area contributed by atoms with Crippen LogP contribution >= 0.6 is 11.6 Å². The van der Waals surface area contributed by atoms with Gasteiger partial charge >= 0.3 is 0 Å². The SMILES string of the molecule is ClC1N=CC(c2ccc(-c3ccccc3)cc2)=CN1. The van der Waals surface area contributed by atoms with Crippen molar-refractivity contribution in [3.8, 4) is 11.1 Å². The lowest BCUT2D eigenvalue weighted by atomic mass is 10.0. The fourth-order valence-electron chi connectivity index (χ4n) is 2.03. The molecule has 2 aromatic rings. The number of hydrogen-bond donors (Lipinski definition) is 1. The van der Waals surface area contributed by atoms with Crippen molar-refractivity contribution in [3.05, 3.63) is 66.4 Å². The monoisotopic (exact) mass is 268 g/mol. The van der Waals surface area contributed by atoms with Crippen molar-refractivity contribution >= 4 is 23.4 Å². The minimum Gasteiger partial charge on any atom is -0.357 e. The molecule has 1 aliphatic heterocycles. The molecule has 1 atom stereocenters. The Hall–Kier alpha value is -2.06. The predicted molar refractivity (Wildman–Crippen MR) is 81.1 cm³/mol. The summed E-state index contributed by atoms with van der Waals surface area (Å²) in [5.41, 5.74) is 4.24. The van der Waals surface area contributed by atoms with Crippen molar-refractivity contribution in [3.63, 3.8) is 0 Å². The van der Waals surface area contributed by atoms with E-state index in [0.29, 0.717) is 0 Å². The molecule has 94 valence electrons. The van der Waals surface area contributed by atoms with Gasteiger partial charge in [-0.15, -0.1) is 0 Å². The second-order valence-corrected chi connectivity index (χ2v) is 4.74. The summed E-state index contributed by atoms with van der Waals surface area (Å²) in [5.74, 6) is 0. The maximum absolute atomic E-state index is 5.82. The Morgan fingerprint density at radius 1 is 0.842 bits per heavy atom. The van der Waals surface area contributed by atoms with Crippen LogP contribution in [0, 0.1) is 0 Å². The third kappa shape index (κ3) is 2.69. The smallest absolute Gasteiger partial charge is 0.194 e. The van der Waals surface area contributed by atoms with Crippen molar-refractivity contribution in [1.29, 1.82) is 0 Å². The quantitative estimate of drug-likeness (QED) is 0.648. The normalized spacial score (nSPS) is 17.7. The van der Waals surface area contributed by atoms with E-state index in [4.69, 9.17) is 11.6 Å². The van der Waals surface area contributed by atoms with Crippen LogP contribution in [0.3, 0.4) is 0 Å². The maximum Gasteiger partial charge on any atom is 0.194 e. The van der Waals surface area contributed by atoms with Gasteiger partial charge in [-0.3, -0.25) is 4.99 Å². The minimum atomic E-state index is -0.354. The van der Waals surface area contributed by atoms with E-state index in [1.807, 2.05) is 24.4 Å². The van der Waals surface area contributed by atoms with E-state index in [2.05, 4.69) is 46.7 Å². The average molecular weight is 269 g/mol. The van der Waals surface area contributed by atoms with Gasteiger partial charge in [0, 0.05) is 18.0 Å². The van der Waals surface area contributed by atoms with Gasteiger partial charge in [0.2, 0.25) is 0 Å². The molecule has 0 radical (unpaired) electrons. The number of alkyl halides is 1. The summed E-state index contributed by atoms with van der Waals surface area (Å²) in [6.07, 6.45) is 3.69. The van der Waals surface area contributed by atoms with Crippen LogP contribution in [0.2, 0.25) is 0 Å². The summed E-state index contributed by atoms with van der Waals surface area (Å²) >= 11 is 5.82. The first kappa shape index (κ1) is 12.0. The van der Waals surface area contributed by atoms with Crippen LogP contribution in [0.25, 0.3) is 16.7 Å². The van der Waals surface area contributed by atoms with Gasteiger partial charge < -0.3 is 5.32 Å². The highest BCUT2D eigenvalue weighted by Gasteiger charge is 2.06. The van der Waals surface area contributed by atoms with E-state index in [9.17, 15) is 0 Å². The lowest BCUT2D eigenvalue weighted by molar-refractivity contribution is 0.808. The molecule has 2 aromatic carbocycles. The molecule has 0 aliphatic carbocycles. The fraction of sp³-hybridized carbons (Fsp3) is 0.0625. The van der Waals surface area contributed by atoms with Crippen LogP contribution in [-0.4, -0.2) is 11.8 Å². The highest BCUT2D eigenvalue weighted by Crippen LogP contribution is 2.22. The highest BCUT2D eigenvalue weighted by molar-refractivity contribution is 6.22. The Morgan fingerprint density at radius 3 is 2.11 bits per heavy atom. The van der Waals surface area contributed by atoms with Gasteiger partial charge in [-0.2, -0.15) is 0 Å². The van der Waals surface area contributed by atoms with Crippen molar-refractivity contribution in [2.45, 2.75) is 5.62 Å². The molecular weight excluding hydrogens is 256 g/mol. The first-order chi connectivity index (χ1) is 9.33. The van der Waals surface area contributed by atoms with E-state index in [0.717, 1.165) is 11.1 Å². The van der Waals surface area contributed by atoms with E-state index < -0.39 is 0 Å². The van der Waals surface area contributed by atoms with E-state index >= 15 is 0 Å². The molecule has 0 aromatic heterocycles. The summed E-state index contributed by atoms with van der Waals surface area (Å²) in [4.78, 5) is 4.13. The Morgan fingerprint density at radius 2 is 1.47 bits per heavy atom. The van der Waals surface area contributed by atoms with Crippen LogP contribution in [0.15, 0.2) is 65.8 Å². The number of benzene rings is 2. The van der Waals surface area contributed by atoms with Crippen molar-refractivity contribution < 1.29 is 0 Å². The zero-order valence-electron chi connectivity index (χ0n) is 10.3. The predicted octanol–water partition coefficient (Wildman–Crippen LogP) is 3.89. The molecule has 3 rings (SSSR count). The Kier molecular flexibility index (Phi) is 3.34. The molecule has 0 saturated heterocycles. The Labute approximate surface area is 117 Å². The van der Waals surface area contributed by atoms with Gasteiger partial charge in [-0.05, 0) is 16.7 Å². The molecule has 0 spiro atoms. The molecular formula is C16H13ClN2. The first-order valence-electron chi connectivity index (χ1n) is 6.12. The highest BCUT2D eigenvalue weighted by atomic mass is 35.5. The fourth-order valence-corrected chi connectivity index (χ4v) is 2.15. The molecule has 1 heterocycles. The van der Waals surface area contributed by atoms with Gasteiger partial charge in [-0.1, -0.05) is 66.2 Å². The first-order valence-corrected chi connectivity index (χ1v) is 6.56. The van der Waals surface area contributed by atoms with Gasteiger partial charge in [0.1, 0.15) is 0 Å². The lowest BCUT2D eigenvalue weighted by Gasteiger charge is -2.12. The molecule has 0 fully saturated rings. The van der Waals surface area contributed by atoms with E-state index in [1.165, 1.54) is 11.1 Å². The minimum absolute atomic E-state index is 0.354. The second kappa shape index (κ2) is 5.29. The third-order valence-corrected chi connectivity index (χ3v) is 3.28. The average Bonchev–Trinajstić information content (AvgIpc) is 2.49. The van der Waals surface area contributed by atoms with Gasteiger partial charge in [0.25, 0.3) is 0 Å². The molecule has 1 unspecified atom stereocenters. The zero-order chi connectivity index (χ0) is 13.1. The largest absolute Gasteiger partial charge is 0.357 e. The molecule has 19 heavy (non-hydrogen) atoms. The van der Waals surface area contributed by atoms with E-state index in [1.54, 1.807) is 6.21 Å². The summed E-state index contributed by atoms with van der Waals surface area (Å²) < 4.78 is 0. The Bertz CT molecular complexity index is 615. The van der Waals surface area contributed by atoms with Crippen LogP contribution in [0.1, 0.15) is 5.56 Å². The molecule has 1 N–H and O–H groups in total. The van der Waals surface area contributed by atoms with Gasteiger partial charge in [0.15, 0.2) is 5.62 Å². The number of hydrogen-bond acceptors (Lipinski definition) is 2. The van der Waals surface area contributed by atoms with Crippen LogP contribution in [0.5, 0.6) is 0 Å². The summed E-state index contributed by atoms with van der Waals surface area (Å²) in [6.45, 7) is 0. The lowest BCUT2D eigenvalue weighted by Crippen LogP contribution is -2.19. The molecule has 0 bridgehead atoms. The summed E-state index contributed by atoms with van der Waals surface area (Å²) in [6, 6.07) is 18.8. The van der Waals surface area contributed by atoms with Gasteiger partial charge in [-0.25, -0.2) is 0 Å². The van der Waals surface area contributed by atoms with Crippen molar-refractivity contribution in [2.75, 3.05) is 0 Å². The second-order valence-electron chi connectivity index (χ2n) is 4.32. The zero-order valence-corrected chi connectivity index (χ0v) is 11.0. The number of aliphatic imine (C=N–C) groups is 1. The summed E-state index contributed by atoms with van der Waals surface area (Å²) in [5, 5.41) is 2.98. The number of nitrogens with zero attached hydrogens (tertiary/aromatic N) is 1. The molecule has 0 saturated carbocycles. The standard InChI is InChI=1S/C16H13ClN2/c17-16-18-10-15(11-19-16)14-8-6-13(7-9-14)12-4-2-1-3-5-12/h1-11,16,18H. The Balaban J connectivity index is 1.86. The molecule has 2 nitrogen and oxygen atoms in total. The van der Waals surface area contributed by atoms with Gasteiger partial charge in [0.05, 0.1) is 0 Å². The number of rotatable bonds is 2. The topological polar surface area (TPSA) is 24.4 Å². The summed E-state index contributed by atoms with van der Waals surface area (Å²) in [7, 11) is 0. The maximum atomic E-state index is 5.82. The number of allylic oxidation sites excluding steroid dienone is 1. The molecule has 3 heteroatoms. The van der Waals surface area contributed by atoms with E-state index in [-0.39, 0.29) is 5.62 Å². The third-order valence-electron chi connectivity index (χ3n) is 3.05. The number of halogens is 1. The van der Waals surface area contributed by atoms with Crippen LogP contribution < -0.4 is 5.32 Å². The van der Waals surface area contributed by atoms with Crippen LogP contribution in [0.4, 0.5) is 0 Å². The molecule has 0 amide bonds. The number of nitrogens with one attached hydrogen (secondary N) is 1. The van der Waals surface area contributed by atoms with Crippen LogP contribution in [-0.2, 0) is 0 Å². The van der Waals surface area contributed by atoms with Crippen molar-refractivity contribution in [2.24, 2.45) is 4.99 Å². The van der Waals surface area contributed by atoms with Crippen molar-refractivity contribution in [1.82, 2.24) is 5.32 Å².